The molecule has 3 aromatic rings. The molecule has 0 saturated heterocycles. The zero-order valence-electron chi connectivity index (χ0n) is 22.3. The average Bonchev–Trinajstić information content (AvgIpc) is 3.66. The number of carbonyl (C=O) groups excluding carboxylic acids is 1. The summed E-state index contributed by atoms with van der Waals surface area (Å²) < 4.78 is 21.5. The fourth-order valence-electron chi connectivity index (χ4n) is 4.53. The van der Waals surface area contributed by atoms with Gasteiger partial charge >= 0.3 is 5.97 Å². The Hall–Kier alpha value is -3.87. The minimum atomic E-state index is -0.963. The Morgan fingerprint density at radius 3 is 1.88 bits per heavy atom. The largest absolute Gasteiger partial charge is 0.460 e. The van der Waals surface area contributed by atoms with Gasteiger partial charge < -0.3 is 18.9 Å². The number of carbonyl (C=O) groups is 1. The first-order valence-electron chi connectivity index (χ1n) is 12.5. The Balaban J connectivity index is 1.56. The van der Waals surface area contributed by atoms with Gasteiger partial charge in [-0.2, -0.15) is 11.3 Å². The molecule has 0 unspecified atom stereocenters. The van der Waals surface area contributed by atoms with Gasteiger partial charge in [0, 0.05) is 62.6 Å². The number of ether oxygens (including phenoxy) is 4. The summed E-state index contributed by atoms with van der Waals surface area (Å²) in [6.45, 7) is 1.15. The number of hydrogen-bond donors (Lipinski definition) is 0. The summed E-state index contributed by atoms with van der Waals surface area (Å²) in [4.78, 5) is 48.9. The predicted molar refractivity (Wildman–Crippen MR) is 158 cm³/mol. The van der Waals surface area contributed by atoms with Gasteiger partial charge in [-0.25, -0.2) is 4.79 Å². The Kier molecular flexibility index (Phi) is 9.38. The number of nitro groups is 3. The van der Waals surface area contributed by atoms with Gasteiger partial charge in [-0.1, -0.05) is 23.5 Å². The molecule has 0 atom stereocenters. The topological polar surface area (TPSA) is 183 Å². The molecular formula is C26H21N3O11S3. The Labute approximate surface area is 255 Å². The lowest BCUT2D eigenvalue weighted by atomic mass is 9.97. The normalized spacial score (nSPS) is 13.0. The van der Waals surface area contributed by atoms with Crippen LogP contribution in [0.2, 0.25) is 0 Å². The number of nitrogens with zero attached hydrogens (tertiary/aromatic N) is 3. The molecule has 0 fully saturated rings. The third-order valence-electron chi connectivity index (χ3n) is 6.32. The zero-order valence-corrected chi connectivity index (χ0v) is 24.7. The van der Waals surface area contributed by atoms with Crippen molar-refractivity contribution in [3.8, 4) is 11.1 Å². The van der Waals surface area contributed by atoms with E-state index in [2.05, 4.69) is 0 Å². The van der Waals surface area contributed by atoms with Gasteiger partial charge in [-0.15, -0.1) is 0 Å². The van der Waals surface area contributed by atoms with Crippen LogP contribution < -0.4 is 0 Å². The van der Waals surface area contributed by atoms with E-state index in [4.69, 9.17) is 18.9 Å². The average molecular weight is 648 g/mol. The highest BCUT2D eigenvalue weighted by Crippen LogP contribution is 2.61. The van der Waals surface area contributed by atoms with E-state index in [1.54, 1.807) is 7.11 Å². The van der Waals surface area contributed by atoms with Crippen molar-refractivity contribution in [2.24, 2.45) is 0 Å². The summed E-state index contributed by atoms with van der Waals surface area (Å²) in [5.74, 6) is -0.963. The Morgan fingerprint density at radius 2 is 1.30 bits per heavy atom. The van der Waals surface area contributed by atoms with Gasteiger partial charge in [0.1, 0.15) is 6.61 Å². The minimum absolute atomic E-state index is 0.00421. The Morgan fingerprint density at radius 1 is 0.744 bits per heavy atom. The van der Waals surface area contributed by atoms with Crippen LogP contribution in [0.25, 0.3) is 16.7 Å². The maximum absolute atomic E-state index is 13.4. The third kappa shape index (κ3) is 6.27. The molecule has 0 saturated carbocycles. The molecule has 2 aliphatic rings. The summed E-state index contributed by atoms with van der Waals surface area (Å²) in [6, 6.07) is 4.24. The number of non-ortho nitro benzene ring substituents is 2. The van der Waals surface area contributed by atoms with Crippen molar-refractivity contribution in [2.75, 3.05) is 46.8 Å². The molecule has 1 aromatic heterocycles. The van der Waals surface area contributed by atoms with Crippen LogP contribution in [-0.2, 0) is 18.9 Å². The van der Waals surface area contributed by atoms with E-state index in [0.717, 1.165) is 21.9 Å². The van der Waals surface area contributed by atoms with Crippen molar-refractivity contribution in [1.29, 1.82) is 0 Å². The van der Waals surface area contributed by atoms with Crippen molar-refractivity contribution in [3.63, 3.8) is 0 Å². The summed E-state index contributed by atoms with van der Waals surface area (Å²) in [5, 5.41) is 39.8. The van der Waals surface area contributed by atoms with Gasteiger partial charge in [0.25, 0.3) is 17.1 Å². The van der Waals surface area contributed by atoms with E-state index in [9.17, 15) is 35.1 Å². The van der Waals surface area contributed by atoms with E-state index in [0.29, 0.717) is 29.6 Å². The first kappa shape index (κ1) is 30.6. The van der Waals surface area contributed by atoms with Crippen LogP contribution in [-0.4, -0.2) is 67.5 Å². The SMILES string of the molecule is COCCOCCOCCOC(=O)c1cc([N+](=O)[O-])cc2c1-c1c(cc([N+](=O)[O-])cc1[N+](=O)[O-])C2=C1Sc2cscc2S1. The van der Waals surface area contributed by atoms with Gasteiger partial charge in [0.2, 0.25) is 0 Å². The fourth-order valence-corrected chi connectivity index (χ4v) is 8.28. The lowest BCUT2D eigenvalue weighted by Crippen LogP contribution is -2.15. The highest BCUT2D eigenvalue weighted by Gasteiger charge is 2.41. The summed E-state index contributed by atoms with van der Waals surface area (Å²) in [5.41, 5.74) is -1.22. The first-order valence-corrected chi connectivity index (χ1v) is 15.1. The van der Waals surface area contributed by atoms with Gasteiger partial charge in [0.15, 0.2) is 0 Å². The van der Waals surface area contributed by atoms with Gasteiger partial charge in [-0.05, 0) is 5.56 Å². The summed E-state index contributed by atoms with van der Waals surface area (Å²) in [6.07, 6.45) is 0. The molecule has 14 nitrogen and oxygen atoms in total. The lowest BCUT2D eigenvalue weighted by Gasteiger charge is -2.11. The van der Waals surface area contributed by atoms with Crippen LogP contribution in [0.4, 0.5) is 17.1 Å². The minimum Gasteiger partial charge on any atom is -0.460 e. The molecule has 0 spiro atoms. The fraction of sp³-hybridized carbons (Fsp3) is 0.269. The molecule has 0 N–H and O–H groups in total. The summed E-state index contributed by atoms with van der Waals surface area (Å²) >= 11 is 4.17. The van der Waals surface area contributed by atoms with Gasteiger partial charge in [-0.3, -0.25) is 30.3 Å². The van der Waals surface area contributed by atoms with E-state index < -0.39 is 37.8 Å². The molecule has 2 aromatic carbocycles. The van der Waals surface area contributed by atoms with Crippen LogP contribution in [0.15, 0.2) is 49.1 Å². The van der Waals surface area contributed by atoms with Crippen LogP contribution in [0.3, 0.4) is 0 Å². The Bertz CT molecular complexity index is 1650. The number of esters is 1. The number of thioether (sulfide) groups is 2. The van der Waals surface area contributed by atoms with Crippen molar-refractivity contribution in [2.45, 2.75) is 9.79 Å². The monoisotopic (exact) mass is 647 g/mol. The highest BCUT2D eigenvalue weighted by molar-refractivity contribution is 8.25. The van der Waals surface area contributed by atoms with E-state index in [-0.39, 0.29) is 47.6 Å². The molecule has 1 aliphatic heterocycles. The number of nitro benzene ring substituents is 3. The van der Waals surface area contributed by atoms with Crippen LogP contribution in [0, 0.1) is 30.3 Å². The second-order valence-electron chi connectivity index (χ2n) is 8.90. The molecule has 43 heavy (non-hydrogen) atoms. The highest BCUT2D eigenvalue weighted by atomic mass is 32.2. The van der Waals surface area contributed by atoms with E-state index in [1.165, 1.54) is 47.0 Å². The van der Waals surface area contributed by atoms with Crippen molar-refractivity contribution in [1.82, 2.24) is 0 Å². The molecular weight excluding hydrogens is 626 g/mol. The van der Waals surface area contributed by atoms with Crippen LogP contribution in [0.5, 0.6) is 0 Å². The lowest BCUT2D eigenvalue weighted by molar-refractivity contribution is -0.393. The van der Waals surface area contributed by atoms with E-state index in [1.807, 2.05) is 10.8 Å². The smallest absolute Gasteiger partial charge is 0.339 e. The van der Waals surface area contributed by atoms with Crippen molar-refractivity contribution in [3.05, 3.63) is 86.3 Å². The molecule has 1 aliphatic carbocycles. The van der Waals surface area contributed by atoms with Crippen LogP contribution >= 0.6 is 34.9 Å². The molecule has 224 valence electrons. The number of rotatable bonds is 13. The number of methoxy groups -OCH3 is 1. The molecule has 2 heterocycles. The van der Waals surface area contributed by atoms with E-state index >= 15 is 0 Å². The quantitative estimate of drug-likeness (QED) is 0.0723. The molecule has 0 amide bonds. The second kappa shape index (κ2) is 13.2. The number of hydrogen-bond acceptors (Lipinski definition) is 14. The van der Waals surface area contributed by atoms with Crippen molar-refractivity contribution < 1.29 is 38.5 Å². The number of fused-ring (bicyclic) bond motifs is 4. The summed E-state index contributed by atoms with van der Waals surface area (Å²) in [7, 11) is 1.55. The molecule has 0 radical (unpaired) electrons. The standard InChI is InChI=1S/C26H21N3O11S3/c1-37-2-3-38-4-5-39-6-7-40-25(30)18-10-14(27(31)32)8-16-22(18)24-17(9-15(28(33)34)11-19(24)29(35)36)23(16)26-42-20-12-41-13-21(20)43-26/h8-13H,2-7H2,1H3. The van der Waals surface area contributed by atoms with Crippen LogP contribution in [0.1, 0.15) is 21.5 Å². The molecule has 0 bridgehead atoms. The second-order valence-corrected chi connectivity index (χ2v) is 12.0. The number of thiophene rings is 1. The maximum Gasteiger partial charge on any atom is 0.339 e. The first-order chi connectivity index (χ1) is 20.7. The predicted octanol–water partition coefficient (Wildman–Crippen LogP) is 5.90. The van der Waals surface area contributed by atoms with Crippen molar-refractivity contribution >= 4 is 63.5 Å². The van der Waals surface area contributed by atoms with Gasteiger partial charge in [0.05, 0.1) is 69.2 Å². The molecule has 17 heteroatoms. The maximum atomic E-state index is 13.4. The number of benzene rings is 2. The zero-order chi connectivity index (χ0) is 30.7. The third-order valence-corrected chi connectivity index (χ3v) is 9.88. The molecule has 5 rings (SSSR count).